The van der Waals surface area contributed by atoms with Gasteiger partial charge in [-0.3, -0.25) is 4.79 Å². The molecule has 2 aliphatic heterocycles. The van der Waals surface area contributed by atoms with Gasteiger partial charge in [-0.2, -0.15) is 0 Å². The molecule has 2 aromatic rings. The van der Waals surface area contributed by atoms with E-state index in [-0.39, 0.29) is 5.78 Å². The molecule has 0 amide bonds. The summed E-state index contributed by atoms with van der Waals surface area (Å²) >= 11 is 6.02. The largest absolute Gasteiger partial charge is 0.489 e. The second-order valence-corrected chi connectivity index (χ2v) is 7.04. The molecule has 2 heterocycles. The van der Waals surface area contributed by atoms with Gasteiger partial charge in [0.25, 0.3) is 0 Å². The lowest BCUT2D eigenvalue weighted by Gasteiger charge is -2.37. The highest BCUT2D eigenvalue weighted by molar-refractivity contribution is 6.30. The Kier molecular flexibility index (Phi) is 4.26. The molecule has 128 valence electrons. The highest BCUT2D eigenvalue weighted by Crippen LogP contribution is 2.38. The fraction of sp³-hybridized carbons (Fsp3) is 0.286. The number of carbonyl (C=O) groups excluding carboxylic acids is 1. The van der Waals surface area contributed by atoms with E-state index in [1.807, 2.05) is 37.3 Å². The van der Waals surface area contributed by atoms with Crippen molar-refractivity contribution in [3.63, 3.8) is 0 Å². The average Bonchev–Trinajstić information content (AvgIpc) is 2.62. The van der Waals surface area contributed by atoms with Gasteiger partial charge in [-0.25, -0.2) is 0 Å². The van der Waals surface area contributed by atoms with Crippen LogP contribution in [0.1, 0.15) is 30.9 Å². The number of aryl methyl sites for hydroxylation is 1. The van der Waals surface area contributed by atoms with Gasteiger partial charge in [0, 0.05) is 34.9 Å². The maximum atomic E-state index is 11.9. The molecule has 0 atom stereocenters. The maximum absolute atomic E-state index is 11.9. The average molecular weight is 354 g/mol. The fourth-order valence-electron chi connectivity index (χ4n) is 3.65. The number of hydrogen-bond donors (Lipinski definition) is 0. The zero-order valence-electron chi connectivity index (χ0n) is 14.2. The lowest BCUT2D eigenvalue weighted by atomic mass is 9.91. The fourth-order valence-corrected chi connectivity index (χ4v) is 3.86. The summed E-state index contributed by atoms with van der Waals surface area (Å²) in [6.07, 6.45) is 2.46. The van der Waals surface area contributed by atoms with Crippen LogP contribution in [0.2, 0.25) is 5.02 Å². The molecule has 0 fully saturated rings. The molecule has 0 aromatic heterocycles. The van der Waals surface area contributed by atoms with Crippen molar-refractivity contribution in [2.24, 2.45) is 0 Å². The molecule has 0 radical (unpaired) electrons. The van der Waals surface area contributed by atoms with Crippen molar-refractivity contribution in [3.05, 3.63) is 69.9 Å². The number of fused-ring (bicyclic) bond motifs is 3. The molecule has 3 nitrogen and oxygen atoms in total. The Morgan fingerprint density at radius 1 is 1.12 bits per heavy atom. The van der Waals surface area contributed by atoms with Crippen LogP contribution >= 0.6 is 11.6 Å². The number of ether oxygens (including phenoxy) is 1. The van der Waals surface area contributed by atoms with Crippen molar-refractivity contribution in [3.8, 4) is 5.75 Å². The molecule has 0 unspecified atom stereocenters. The summed E-state index contributed by atoms with van der Waals surface area (Å²) in [6, 6.07) is 14.0. The number of hydrogen-bond acceptors (Lipinski definition) is 3. The molecular formula is C21H20ClNO2. The predicted octanol–water partition coefficient (Wildman–Crippen LogP) is 4.92. The standard InChI is InChI=1S/C21H20ClNO2/c1-14-19-7-5-16-12-18(25-13-15-3-2-4-17(22)11-15)6-8-20(16)23(19)10-9-21(14)24/h2-4,6,8,11-12H,5,7,9-10,13H2,1H3. The van der Waals surface area contributed by atoms with Gasteiger partial charge in [-0.15, -0.1) is 0 Å². The first-order valence-corrected chi connectivity index (χ1v) is 9.00. The Morgan fingerprint density at radius 3 is 2.84 bits per heavy atom. The third-order valence-electron chi connectivity index (χ3n) is 5.01. The molecule has 0 N–H and O–H groups in total. The lowest BCUT2D eigenvalue weighted by Crippen LogP contribution is -2.35. The minimum Gasteiger partial charge on any atom is -0.489 e. The summed E-state index contributed by atoms with van der Waals surface area (Å²) in [5.74, 6) is 1.16. The highest BCUT2D eigenvalue weighted by Gasteiger charge is 2.29. The topological polar surface area (TPSA) is 29.5 Å². The summed E-state index contributed by atoms with van der Waals surface area (Å²) in [6.45, 7) is 3.24. The smallest absolute Gasteiger partial charge is 0.162 e. The zero-order chi connectivity index (χ0) is 17.4. The number of nitrogens with zero attached hydrogens (tertiary/aromatic N) is 1. The second kappa shape index (κ2) is 6.57. The van der Waals surface area contributed by atoms with Crippen molar-refractivity contribution in [2.75, 3.05) is 11.4 Å². The van der Waals surface area contributed by atoms with Gasteiger partial charge in [-0.1, -0.05) is 23.7 Å². The molecule has 0 saturated carbocycles. The number of ketones is 1. The number of benzene rings is 2. The van der Waals surface area contributed by atoms with Gasteiger partial charge < -0.3 is 9.64 Å². The normalized spacial score (nSPS) is 16.6. The quantitative estimate of drug-likeness (QED) is 0.784. The Bertz CT molecular complexity index is 872. The maximum Gasteiger partial charge on any atom is 0.162 e. The summed E-state index contributed by atoms with van der Waals surface area (Å²) in [4.78, 5) is 14.2. The monoisotopic (exact) mass is 353 g/mol. The lowest BCUT2D eigenvalue weighted by molar-refractivity contribution is -0.115. The van der Waals surface area contributed by atoms with Crippen LogP contribution in [0.5, 0.6) is 5.75 Å². The van der Waals surface area contributed by atoms with E-state index in [1.54, 1.807) is 0 Å². The van der Waals surface area contributed by atoms with Crippen LogP contribution in [0, 0.1) is 0 Å². The van der Waals surface area contributed by atoms with Crippen LogP contribution in [0.25, 0.3) is 0 Å². The Labute approximate surface area is 152 Å². The molecule has 4 heteroatoms. The van der Waals surface area contributed by atoms with E-state index in [4.69, 9.17) is 16.3 Å². The number of anilines is 1. The first kappa shape index (κ1) is 16.2. The third-order valence-corrected chi connectivity index (χ3v) is 5.24. The van der Waals surface area contributed by atoms with E-state index < -0.39 is 0 Å². The van der Waals surface area contributed by atoms with Gasteiger partial charge in [0.1, 0.15) is 12.4 Å². The first-order chi connectivity index (χ1) is 12.1. The van der Waals surface area contributed by atoms with Crippen LogP contribution in [0.3, 0.4) is 0 Å². The van der Waals surface area contributed by atoms with Gasteiger partial charge in [0.05, 0.1) is 0 Å². The van der Waals surface area contributed by atoms with Crippen molar-refractivity contribution < 1.29 is 9.53 Å². The SMILES string of the molecule is CC1=C2CCc3cc(OCc4cccc(Cl)c4)ccc3N2CCC1=O. The van der Waals surface area contributed by atoms with E-state index in [1.165, 1.54) is 16.9 Å². The van der Waals surface area contributed by atoms with E-state index in [0.717, 1.165) is 41.3 Å². The highest BCUT2D eigenvalue weighted by atomic mass is 35.5. The van der Waals surface area contributed by atoms with Crippen molar-refractivity contribution >= 4 is 23.1 Å². The summed E-state index contributed by atoms with van der Waals surface area (Å²) in [5.41, 5.74) is 5.67. The van der Waals surface area contributed by atoms with Gasteiger partial charge in [0.15, 0.2) is 5.78 Å². The van der Waals surface area contributed by atoms with E-state index in [2.05, 4.69) is 17.0 Å². The summed E-state index contributed by atoms with van der Waals surface area (Å²) in [5, 5.41) is 0.723. The van der Waals surface area contributed by atoms with Crippen LogP contribution in [-0.2, 0) is 17.8 Å². The van der Waals surface area contributed by atoms with E-state index in [9.17, 15) is 4.79 Å². The third kappa shape index (κ3) is 3.16. The number of halogens is 1. The molecule has 2 aromatic carbocycles. The molecule has 0 bridgehead atoms. The molecule has 0 spiro atoms. The molecule has 4 rings (SSSR count). The van der Waals surface area contributed by atoms with Crippen LogP contribution in [0.15, 0.2) is 53.7 Å². The van der Waals surface area contributed by atoms with Crippen LogP contribution in [0.4, 0.5) is 5.69 Å². The molecule has 25 heavy (non-hydrogen) atoms. The number of rotatable bonds is 3. The van der Waals surface area contributed by atoms with Gasteiger partial charge in [0.2, 0.25) is 0 Å². The summed E-state index contributed by atoms with van der Waals surface area (Å²) < 4.78 is 5.94. The number of allylic oxidation sites excluding steroid dienone is 2. The molecule has 0 aliphatic carbocycles. The zero-order valence-corrected chi connectivity index (χ0v) is 15.0. The molecular weight excluding hydrogens is 334 g/mol. The Morgan fingerprint density at radius 2 is 2.00 bits per heavy atom. The first-order valence-electron chi connectivity index (χ1n) is 8.62. The Balaban J connectivity index is 1.55. The predicted molar refractivity (Wildman–Crippen MR) is 100 cm³/mol. The molecule has 2 aliphatic rings. The molecule has 0 saturated heterocycles. The van der Waals surface area contributed by atoms with Crippen molar-refractivity contribution in [1.82, 2.24) is 0 Å². The van der Waals surface area contributed by atoms with Crippen LogP contribution < -0.4 is 9.64 Å². The van der Waals surface area contributed by atoms with E-state index in [0.29, 0.717) is 13.0 Å². The minimum absolute atomic E-state index is 0.288. The summed E-state index contributed by atoms with van der Waals surface area (Å²) in [7, 11) is 0. The number of Topliss-reactive ketones (excluding diaryl/α,β-unsaturated/α-hetero) is 1. The van der Waals surface area contributed by atoms with Crippen LogP contribution in [-0.4, -0.2) is 12.3 Å². The van der Waals surface area contributed by atoms with Gasteiger partial charge >= 0.3 is 0 Å². The van der Waals surface area contributed by atoms with Crippen molar-refractivity contribution in [1.29, 1.82) is 0 Å². The van der Waals surface area contributed by atoms with Crippen molar-refractivity contribution in [2.45, 2.75) is 32.8 Å². The number of carbonyl (C=O) groups is 1. The Hall–Kier alpha value is -2.26. The van der Waals surface area contributed by atoms with Gasteiger partial charge in [-0.05, 0) is 61.2 Å². The van der Waals surface area contributed by atoms with E-state index >= 15 is 0 Å². The minimum atomic E-state index is 0.288. The second-order valence-electron chi connectivity index (χ2n) is 6.61.